The number of aryl methyl sites for hydroxylation is 1. The number of carbonyl (C=O) groups excluding carboxylic acids is 1. The van der Waals surface area contributed by atoms with Crippen molar-refractivity contribution in [1.82, 2.24) is 20.3 Å². The van der Waals surface area contributed by atoms with Crippen molar-refractivity contribution in [2.24, 2.45) is 0 Å². The maximum absolute atomic E-state index is 12.4. The minimum Gasteiger partial charge on any atom is -0.497 e. The van der Waals surface area contributed by atoms with E-state index in [2.05, 4.69) is 22.6 Å². The standard InChI is InChI=1S/C20H22N4O2/c1-4-15-5-9-17(10-6-15)24-13-19(22-23-24)20(25)21-14(2)16-7-11-18(26-3)12-8-16/h5-14H,4H2,1-3H3,(H,21,25)/t14-/m1/s1. The first-order valence-electron chi connectivity index (χ1n) is 8.57. The van der Waals surface area contributed by atoms with Crippen LogP contribution in [0.1, 0.15) is 41.5 Å². The van der Waals surface area contributed by atoms with E-state index in [4.69, 9.17) is 4.74 Å². The summed E-state index contributed by atoms with van der Waals surface area (Å²) in [5.74, 6) is 0.522. The molecule has 26 heavy (non-hydrogen) atoms. The molecule has 0 unspecified atom stereocenters. The van der Waals surface area contributed by atoms with Gasteiger partial charge in [-0.1, -0.05) is 36.4 Å². The van der Waals surface area contributed by atoms with Crippen LogP contribution in [-0.2, 0) is 6.42 Å². The number of nitrogens with one attached hydrogen (secondary N) is 1. The summed E-state index contributed by atoms with van der Waals surface area (Å²) >= 11 is 0. The molecule has 0 saturated heterocycles. The van der Waals surface area contributed by atoms with Crippen molar-refractivity contribution in [1.29, 1.82) is 0 Å². The largest absolute Gasteiger partial charge is 0.497 e. The molecule has 6 heteroatoms. The lowest BCUT2D eigenvalue weighted by molar-refractivity contribution is 0.0935. The predicted molar refractivity (Wildman–Crippen MR) is 99.6 cm³/mol. The fraction of sp³-hybridized carbons (Fsp3) is 0.250. The van der Waals surface area contributed by atoms with Crippen molar-refractivity contribution in [3.05, 3.63) is 71.5 Å². The molecule has 1 amide bonds. The lowest BCUT2D eigenvalue weighted by atomic mass is 10.1. The molecule has 1 aromatic heterocycles. The molecule has 0 aliphatic rings. The third-order valence-corrected chi connectivity index (χ3v) is 4.30. The van der Waals surface area contributed by atoms with Gasteiger partial charge in [-0.15, -0.1) is 5.10 Å². The smallest absolute Gasteiger partial charge is 0.273 e. The van der Waals surface area contributed by atoms with E-state index in [9.17, 15) is 4.79 Å². The first-order valence-corrected chi connectivity index (χ1v) is 8.57. The van der Waals surface area contributed by atoms with Crippen molar-refractivity contribution in [3.63, 3.8) is 0 Å². The number of hydrogen-bond donors (Lipinski definition) is 1. The molecule has 0 saturated carbocycles. The van der Waals surface area contributed by atoms with Gasteiger partial charge in [-0.25, -0.2) is 4.68 Å². The van der Waals surface area contributed by atoms with Gasteiger partial charge in [0.05, 0.1) is 25.0 Å². The topological polar surface area (TPSA) is 69.0 Å². The Morgan fingerprint density at radius 2 is 1.85 bits per heavy atom. The number of methoxy groups -OCH3 is 1. The molecule has 0 aliphatic heterocycles. The molecule has 0 aliphatic carbocycles. The maximum Gasteiger partial charge on any atom is 0.273 e. The molecule has 0 bridgehead atoms. The average molecular weight is 350 g/mol. The highest BCUT2D eigenvalue weighted by molar-refractivity contribution is 5.92. The summed E-state index contributed by atoms with van der Waals surface area (Å²) < 4.78 is 6.75. The summed E-state index contributed by atoms with van der Waals surface area (Å²) in [4.78, 5) is 12.4. The van der Waals surface area contributed by atoms with Crippen LogP contribution in [0.3, 0.4) is 0 Å². The van der Waals surface area contributed by atoms with E-state index in [1.54, 1.807) is 18.0 Å². The first kappa shape index (κ1) is 17.7. The van der Waals surface area contributed by atoms with E-state index in [0.29, 0.717) is 0 Å². The Bertz CT molecular complexity index is 870. The van der Waals surface area contributed by atoms with Crippen LogP contribution in [-0.4, -0.2) is 28.0 Å². The number of amides is 1. The molecular formula is C20H22N4O2. The van der Waals surface area contributed by atoms with Gasteiger partial charge in [-0.2, -0.15) is 0 Å². The first-order chi connectivity index (χ1) is 12.6. The molecule has 0 fully saturated rings. The van der Waals surface area contributed by atoms with Crippen LogP contribution in [0, 0.1) is 0 Å². The van der Waals surface area contributed by atoms with Gasteiger partial charge >= 0.3 is 0 Å². The lowest BCUT2D eigenvalue weighted by Crippen LogP contribution is -2.26. The molecule has 0 spiro atoms. The predicted octanol–water partition coefficient (Wildman–Crippen LogP) is 3.33. The zero-order valence-corrected chi connectivity index (χ0v) is 15.1. The van der Waals surface area contributed by atoms with E-state index in [0.717, 1.165) is 23.4 Å². The molecule has 1 N–H and O–H groups in total. The van der Waals surface area contributed by atoms with E-state index >= 15 is 0 Å². The van der Waals surface area contributed by atoms with Gasteiger partial charge in [-0.3, -0.25) is 4.79 Å². The summed E-state index contributed by atoms with van der Waals surface area (Å²) in [5.41, 5.74) is 3.39. The number of ether oxygens (including phenoxy) is 1. The SMILES string of the molecule is CCc1ccc(-n2cc(C(=O)N[C@H](C)c3ccc(OC)cc3)nn2)cc1. The summed E-state index contributed by atoms with van der Waals surface area (Å²) in [6.07, 6.45) is 2.62. The number of benzene rings is 2. The van der Waals surface area contributed by atoms with Gasteiger partial charge in [0, 0.05) is 0 Å². The van der Waals surface area contributed by atoms with E-state index in [1.807, 2.05) is 55.5 Å². The Morgan fingerprint density at radius 3 is 2.46 bits per heavy atom. The van der Waals surface area contributed by atoms with Crippen molar-refractivity contribution in [2.45, 2.75) is 26.3 Å². The minimum absolute atomic E-state index is 0.151. The number of rotatable bonds is 6. The second-order valence-corrected chi connectivity index (χ2v) is 6.04. The quantitative estimate of drug-likeness (QED) is 0.740. The number of aromatic nitrogens is 3. The van der Waals surface area contributed by atoms with Gasteiger partial charge < -0.3 is 10.1 Å². The Balaban J connectivity index is 1.68. The second-order valence-electron chi connectivity index (χ2n) is 6.04. The van der Waals surface area contributed by atoms with Crippen molar-refractivity contribution in [3.8, 4) is 11.4 Å². The highest BCUT2D eigenvalue weighted by atomic mass is 16.5. The number of nitrogens with zero attached hydrogens (tertiary/aromatic N) is 3. The average Bonchev–Trinajstić information content (AvgIpc) is 3.18. The van der Waals surface area contributed by atoms with Gasteiger partial charge in [0.25, 0.3) is 5.91 Å². The highest BCUT2D eigenvalue weighted by Gasteiger charge is 2.15. The normalized spacial score (nSPS) is 11.8. The zero-order valence-electron chi connectivity index (χ0n) is 15.1. The Morgan fingerprint density at radius 1 is 1.15 bits per heavy atom. The third-order valence-electron chi connectivity index (χ3n) is 4.30. The second kappa shape index (κ2) is 7.82. The Kier molecular flexibility index (Phi) is 5.31. The van der Waals surface area contributed by atoms with Crippen LogP contribution in [0.4, 0.5) is 0 Å². The highest BCUT2D eigenvalue weighted by Crippen LogP contribution is 2.17. The molecule has 0 radical (unpaired) electrons. The van der Waals surface area contributed by atoms with Crippen LogP contribution >= 0.6 is 0 Å². The minimum atomic E-state index is -0.259. The fourth-order valence-corrected chi connectivity index (χ4v) is 2.62. The van der Waals surface area contributed by atoms with E-state index < -0.39 is 0 Å². The molecule has 3 rings (SSSR count). The molecular weight excluding hydrogens is 328 g/mol. The van der Waals surface area contributed by atoms with Crippen molar-refractivity contribution in [2.75, 3.05) is 7.11 Å². The monoisotopic (exact) mass is 350 g/mol. The van der Waals surface area contributed by atoms with Gasteiger partial charge in [0.15, 0.2) is 5.69 Å². The van der Waals surface area contributed by atoms with Crippen molar-refractivity contribution < 1.29 is 9.53 Å². The van der Waals surface area contributed by atoms with Crippen LogP contribution in [0.25, 0.3) is 5.69 Å². The Hall–Kier alpha value is -3.15. The Labute approximate surface area is 152 Å². The maximum atomic E-state index is 12.4. The summed E-state index contributed by atoms with van der Waals surface area (Å²) in [5, 5.41) is 11.0. The summed E-state index contributed by atoms with van der Waals surface area (Å²) in [6, 6.07) is 15.5. The van der Waals surface area contributed by atoms with E-state index in [-0.39, 0.29) is 17.6 Å². The number of carbonyl (C=O) groups is 1. The molecule has 3 aromatic rings. The van der Waals surface area contributed by atoms with E-state index in [1.165, 1.54) is 5.56 Å². The molecule has 1 atom stereocenters. The van der Waals surface area contributed by atoms with Gasteiger partial charge in [-0.05, 0) is 48.7 Å². The summed E-state index contributed by atoms with van der Waals surface area (Å²) in [6.45, 7) is 4.03. The zero-order chi connectivity index (χ0) is 18.5. The molecule has 134 valence electrons. The number of hydrogen-bond acceptors (Lipinski definition) is 4. The molecule has 6 nitrogen and oxygen atoms in total. The van der Waals surface area contributed by atoms with Crippen LogP contribution in [0.2, 0.25) is 0 Å². The molecule has 1 heterocycles. The van der Waals surface area contributed by atoms with Crippen LogP contribution in [0.15, 0.2) is 54.7 Å². The summed E-state index contributed by atoms with van der Waals surface area (Å²) in [7, 11) is 1.62. The third kappa shape index (κ3) is 3.91. The fourth-order valence-electron chi connectivity index (χ4n) is 2.62. The van der Waals surface area contributed by atoms with Gasteiger partial charge in [0.1, 0.15) is 5.75 Å². The molecule has 2 aromatic carbocycles. The van der Waals surface area contributed by atoms with Crippen LogP contribution in [0.5, 0.6) is 5.75 Å². The van der Waals surface area contributed by atoms with Crippen molar-refractivity contribution >= 4 is 5.91 Å². The lowest BCUT2D eigenvalue weighted by Gasteiger charge is -2.13. The van der Waals surface area contributed by atoms with Crippen LogP contribution < -0.4 is 10.1 Å². The van der Waals surface area contributed by atoms with Gasteiger partial charge in [0.2, 0.25) is 0 Å².